The molecule has 20 heavy (non-hydrogen) atoms. The van der Waals surface area contributed by atoms with Crippen molar-refractivity contribution in [3.63, 3.8) is 0 Å². The quantitative estimate of drug-likeness (QED) is 0.858. The van der Waals surface area contributed by atoms with Crippen molar-refractivity contribution in [2.24, 2.45) is 5.73 Å². The molecule has 0 spiro atoms. The van der Waals surface area contributed by atoms with Crippen LogP contribution in [-0.4, -0.2) is 4.99 Å². The van der Waals surface area contributed by atoms with Crippen molar-refractivity contribution in [2.75, 3.05) is 0 Å². The SMILES string of the molecule is NC(=S)Cc1ccc(OCc2cc(F)ccc2F)cc1. The number of benzene rings is 2. The summed E-state index contributed by atoms with van der Waals surface area (Å²) in [4.78, 5) is 0.417. The Labute approximate surface area is 121 Å². The van der Waals surface area contributed by atoms with E-state index in [1.807, 2.05) is 12.1 Å². The summed E-state index contributed by atoms with van der Waals surface area (Å²) in [6, 6.07) is 10.4. The van der Waals surface area contributed by atoms with E-state index in [4.69, 9.17) is 22.7 Å². The van der Waals surface area contributed by atoms with E-state index in [0.29, 0.717) is 17.2 Å². The monoisotopic (exact) mass is 293 g/mol. The molecule has 0 bridgehead atoms. The minimum absolute atomic E-state index is 0.0295. The number of thiocarbonyl (C=S) groups is 1. The lowest BCUT2D eigenvalue weighted by molar-refractivity contribution is 0.299. The third-order valence-corrected chi connectivity index (χ3v) is 2.85. The lowest BCUT2D eigenvalue weighted by atomic mass is 10.1. The normalized spacial score (nSPS) is 10.3. The lowest BCUT2D eigenvalue weighted by Gasteiger charge is -2.08. The molecule has 0 radical (unpaired) electrons. The van der Waals surface area contributed by atoms with Crippen molar-refractivity contribution < 1.29 is 13.5 Å². The maximum Gasteiger partial charge on any atom is 0.130 e. The standard InChI is InChI=1S/C15H13F2NOS/c16-12-3-6-14(17)11(8-12)9-19-13-4-1-10(2-5-13)7-15(18)20/h1-6,8H,7,9H2,(H2,18,20). The second kappa shape index (κ2) is 6.43. The first-order valence-electron chi connectivity index (χ1n) is 5.98. The third kappa shape index (κ3) is 3.99. The van der Waals surface area contributed by atoms with Gasteiger partial charge in [-0.25, -0.2) is 8.78 Å². The van der Waals surface area contributed by atoms with Gasteiger partial charge in [0.05, 0.1) is 4.99 Å². The fourth-order valence-corrected chi connectivity index (χ4v) is 1.89. The van der Waals surface area contributed by atoms with Crippen molar-refractivity contribution in [2.45, 2.75) is 13.0 Å². The summed E-state index contributed by atoms with van der Waals surface area (Å²) in [6.07, 6.45) is 0.522. The molecular weight excluding hydrogens is 280 g/mol. The summed E-state index contributed by atoms with van der Waals surface area (Å²) >= 11 is 4.82. The van der Waals surface area contributed by atoms with E-state index in [1.165, 1.54) is 0 Å². The van der Waals surface area contributed by atoms with Crippen LogP contribution in [-0.2, 0) is 13.0 Å². The second-order valence-corrected chi connectivity index (χ2v) is 4.84. The summed E-state index contributed by atoms with van der Waals surface area (Å²) in [5.41, 5.74) is 6.60. The Hall–Kier alpha value is -2.01. The molecule has 104 valence electrons. The molecule has 0 aliphatic rings. The zero-order valence-electron chi connectivity index (χ0n) is 10.6. The van der Waals surface area contributed by atoms with Gasteiger partial charge in [0.15, 0.2) is 0 Å². The van der Waals surface area contributed by atoms with Crippen LogP contribution in [0.5, 0.6) is 5.75 Å². The molecule has 2 nitrogen and oxygen atoms in total. The van der Waals surface area contributed by atoms with Gasteiger partial charge in [0.25, 0.3) is 0 Å². The molecule has 0 atom stereocenters. The summed E-state index contributed by atoms with van der Waals surface area (Å²) < 4.78 is 31.8. The van der Waals surface area contributed by atoms with Crippen molar-refractivity contribution in [1.29, 1.82) is 0 Å². The summed E-state index contributed by atoms with van der Waals surface area (Å²) in [7, 11) is 0. The van der Waals surface area contributed by atoms with Crippen molar-refractivity contribution in [3.8, 4) is 5.75 Å². The molecule has 0 aliphatic heterocycles. The molecule has 0 saturated heterocycles. The third-order valence-electron chi connectivity index (χ3n) is 2.70. The average Bonchev–Trinajstić information content (AvgIpc) is 2.41. The highest BCUT2D eigenvalue weighted by Crippen LogP contribution is 2.16. The van der Waals surface area contributed by atoms with Crippen LogP contribution in [0.15, 0.2) is 42.5 Å². The molecule has 0 saturated carbocycles. The van der Waals surface area contributed by atoms with Gasteiger partial charge in [0, 0.05) is 12.0 Å². The highest BCUT2D eigenvalue weighted by molar-refractivity contribution is 7.80. The van der Waals surface area contributed by atoms with Gasteiger partial charge in [0.2, 0.25) is 0 Å². The van der Waals surface area contributed by atoms with Crippen LogP contribution in [0.4, 0.5) is 8.78 Å². The maximum atomic E-state index is 13.4. The number of halogens is 2. The van der Waals surface area contributed by atoms with Crippen LogP contribution in [0.2, 0.25) is 0 Å². The molecule has 0 heterocycles. The van der Waals surface area contributed by atoms with E-state index in [9.17, 15) is 8.78 Å². The molecule has 0 amide bonds. The lowest BCUT2D eigenvalue weighted by Crippen LogP contribution is -2.10. The molecule has 0 aromatic heterocycles. The van der Waals surface area contributed by atoms with E-state index in [1.54, 1.807) is 12.1 Å². The smallest absolute Gasteiger partial charge is 0.130 e. The molecule has 0 fully saturated rings. The molecule has 2 rings (SSSR count). The fourth-order valence-electron chi connectivity index (χ4n) is 1.72. The van der Waals surface area contributed by atoms with Gasteiger partial charge in [-0.2, -0.15) is 0 Å². The Morgan fingerprint density at radius 3 is 2.45 bits per heavy atom. The number of ether oxygens (including phenoxy) is 1. The zero-order chi connectivity index (χ0) is 14.5. The van der Waals surface area contributed by atoms with Gasteiger partial charge in [-0.3, -0.25) is 0 Å². The molecule has 2 aromatic rings. The van der Waals surface area contributed by atoms with Gasteiger partial charge in [-0.15, -0.1) is 0 Å². The van der Waals surface area contributed by atoms with Gasteiger partial charge in [0.1, 0.15) is 24.0 Å². The van der Waals surface area contributed by atoms with Gasteiger partial charge in [-0.1, -0.05) is 24.4 Å². The summed E-state index contributed by atoms with van der Waals surface area (Å²) in [5, 5.41) is 0. The van der Waals surface area contributed by atoms with Crippen LogP contribution in [0.1, 0.15) is 11.1 Å². The van der Waals surface area contributed by atoms with Gasteiger partial charge in [-0.05, 0) is 35.9 Å². The topological polar surface area (TPSA) is 35.2 Å². The van der Waals surface area contributed by atoms with Crippen molar-refractivity contribution in [1.82, 2.24) is 0 Å². The predicted molar refractivity (Wildman–Crippen MR) is 77.6 cm³/mol. The molecule has 0 unspecified atom stereocenters. The molecular formula is C15H13F2NOS. The van der Waals surface area contributed by atoms with E-state index >= 15 is 0 Å². The number of rotatable bonds is 5. The number of hydrogen-bond donors (Lipinski definition) is 1. The Balaban J connectivity index is 2.00. The van der Waals surface area contributed by atoms with Crippen LogP contribution >= 0.6 is 12.2 Å². The highest BCUT2D eigenvalue weighted by Gasteiger charge is 2.05. The van der Waals surface area contributed by atoms with Crippen molar-refractivity contribution in [3.05, 3.63) is 65.2 Å². The van der Waals surface area contributed by atoms with Crippen LogP contribution in [0.25, 0.3) is 0 Å². The van der Waals surface area contributed by atoms with Crippen LogP contribution in [0, 0.1) is 11.6 Å². The van der Waals surface area contributed by atoms with E-state index < -0.39 is 11.6 Å². The first-order chi connectivity index (χ1) is 9.54. The molecule has 2 aromatic carbocycles. The molecule has 5 heteroatoms. The van der Waals surface area contributed by atoms with Gasteiger partial charge < -0.3 is 10.5 Å². The van der Waals surface area contributed by atoms with Crippen molar-refractivity contribution >= 4 is 17.2 Å². The Kier molecular flexibility index (Phi) is 4.63. The Bertz CT molecular complexity index is 614. The molecule has 0 aliphatic carbocycles. The minimum Gasteiger partial charge on any atom is -0.489 e. The zero-order valence-corrected chi connectivity index (χ0v) is 11.4. The first-order valence-corrected chi connectivity index (χ1v) is 6.39. The Morgan fingerprint density at radius 1 is 1.10 bits per heavy atom. The maximum absolute atomic E-state index is 13.4. The fraction of sp³-hybridized carbons (Fsp3) is 0.133. The predicted octanol–water partition coefficient (Wildman–Crippen LogP) is 3.37. The van der Waals surface area contributed by atoms with Crippen LogP contribution < -0.4 is 10.5 Å². The van der Waals surface area contributed by atoms with E-state index in [-0.39, 0.29) is 12.2 Å². The highest BCUT2D eigenvalue weighted by atomic mass is 32.1. The van der Waals surface area contributed by atoms with E-state index in [2.05, 4.69) is 0 Å². The minimum atomic E-state index is -0.489. The number of nitrogens with two attached hydrogens (primary N) is 1. The summed E-state index contributed by atoms with van der Waals surface area (Å²) in [5.74, 6) is -0.409. The molecule has 2 N–H and O–H groups in total. The largest absolute Gasteiger partial charge is 0.489 e. The summed E-state index contributed by atoms with van der Waals surface area (Å²) in [6.45, 7) is -0.0295. The average molecular weight is 293 g/mol. The first kappa shape index (κ1) is 14.4. The van der Waals surface area contributed by atoms with E-state index in [0.717, 1.165) is 23.8 Å². The number of hydrogen-bond acceptors (Lipinski definition) is 2. The Morgan fingerprint density at radius 2 is 1.80 bits per heavy atom. The van der Waals surface area contributed by atoms with Crippen LogP contribution in [0.3, 0.4) is 0 Å². The van der Waals surface area contributed by atoms with Gasteiger partial charge >= 0.3 is 0 Å². The second-order valence-electron chi connectivity index (χ2n) is 4.31.